The van der Waals surface area contributed by atoms with Crippen LogP contribution in [0.4, 0.5) is 0 Å². The molecule has 2 nitrogen and oxygen atoms in total. The summed E-state index contributed by atoms with van der Waals surface area (Å²) in [4.78, 5) is 2.58. The number of hydrogen-bond donors (Lipinski definition) is 0. The highest BCUT2D eigenvalue weighted by molar-refractivity contribution is 5.74. The Kier molecular flexibility index (Phi) is 3.54. The van der Waals surface area contributed by atoms with Crippen LogP contribution in [0.1, 0.15) is 0 Å². The van der Waals surface area contributed by atoms with Gasteiger partial charge in [0, 0.05) is 5.92 Å². The maximum Gasteiger partial charge on any atom is 0.331 e. The second-order valence-corrected chi connectivity index (χ2v) is 0.658. The SMILES string of the molecule is C#CC#CC=[N+]=[N-]. The Morgan fingerprint density at radius 3 is 2.86 bits per heavy atom. The van der Waals surface area contributed by atoms with Crippen LogP contribution in [0.3, 0.4) is 0 Å². The van der Waals surface area contributed by atoms with E-state index in [0.29, 0.717) is 0 Å². The van der Waals surface area contributed by atoms with E-state index in [2.05, 4.69) is 16.6 Å². The quantitative estimate of drug-likeness (QED) is 0.173. The third-order valence-electron chi connectivity index (χ3n) is 0.267. The van der Waals surface area contributed by atoms with Gasteiger partial charge < -0.3 is 5.53 Å². The molecular formula is C5H2N2. The molecule has 0 aromatic heterocycles. The van der Waals surface area contributed by atoms with Gasteiger partial charge in [-0.3, -0.25) is 0 Å². The van der Waals surface area contributed by atoms with Crippen molar-refractivity contribution in [2.45, 2.75) is 0 Å². The predicted molar refractivity (Wildman–Crippen MR) is 26.3 cm³/mol. The molecule has 2 heteroatoms. The third kappa shape index (κ3) is 4.50. The zero-order chi connectivity index (χ0) is 5.54. The van der Waals surface area contributed by atoms with Gasteiger partial charge in [-0.05, 0) is 11.8 Å². The third-order valence-corrected chi connectivity index (χ3v) is 0.267. The molecule has 0 bridgehead atoms. The second kappa shape index (κ2) is 4.50. The maximum absolute atomic E-state index is 7.69. The molecule has 0 spiro atoms. The van der Waals surface area contributed by atoms with E-state index in [1.165, 1.54) is 0 Å². The summed E-state index contributed by atoms with van der Waals surface area (Å²) in [5.41, 5.74) is 7.69. The van der Waals surface area contributed by atoms with Crippen LogP contribution in [0.15, 0.2) is 0 Å². The lowest BCUT2D eigenvalue weighted by atomic mass is 10.6. The van der Waals surface area contributed by atoms with Gasteiger partial charge in [0.1, 0.15) is 0 Å². The van der Waals surface area contributed by atoms with Crippen LogP contribution >= 0.6 is 0 Å². The van der Waals surface area contributed by atoms with Crippen molar-refractivity contribution >= 4 is 6.21 Å². The van der Waals surface area contributed by atoms with Crippen molar-refractivity contribution in [3.8, 4) is 24.2 Å². The molecule has 32 valence electrons. The van der Waals surface area contributed by atoms with Gasteiger partial charge in [-0.2, -0.15) is 4.79 Å². The summed E-state index contributed by atoms with van der Waals surface area (Å²) in [7, 11) is 0. The lowest BCUT2D eigenvalue weighted by molar-refractivity contribution is 0.00586. The zero-order valence-electron chi connectivity index (χ0n) is 3.55. The van der Waals surface area contributed by atoms with Crippen molar-refractivity contribution in [1.82, 2.24) is 0 Å². The highest BCUT2D eigenvalue weighted by atomic mass is 14.8. The zero-order valence-corrected chi connectivity index (χ0v) is 3.55. The van der Waals surface area contributed by atoms with Crippen LogP contribution in [0.2, 0.25) is 0 Å². The summed E-state index contributed by atoms with van der Waals surface area (Å²) in [6.07, 6.45) is 5.72. The Morgan fingerprint density at radius 2 is 2.43 bits per heavy atom. The molecule has 0 heterocycles. The van der Waals surface area contributed by atoms with E-state index in [0.717, 1.165) is 6.21 Å². The van der Waals surface area contributed by atoms with E-state index >= 15 is 0 Å². The minimum atomic E-state index is 1.01. The molecule has 0 atom stereocenters. The van der Waals surface area contributed by atoms with Crippen molar-refractivity contribution in [3.63, 3.8) is 0 Å². The molecule has 0 aliphatic rings. The van der Waals surface area contributed by atoms with Crippen molar-refractivity contribution in [2.24, 2.45) is 0 Å². The van der Waals surface area contributed by atoms with E-state index in [-0.39, 0.29) is 0 Å². The molecule has 0 N–H and O–H groups in total. The predicted octanol–water partition coefficient (Wildman–Crippen LogP) is -0.0764. The van der Waals surface area contributed by atoms with Gasteiger partial charge in [-0.25, -0.2) is 0 Å². The summed E-state index contributed by atoms with van der Waals surface area (Å²) in [6.45, 7) is 0. The molecule has 0 aromatic carbocycles. The minimum absolute atomic E-state index is 1.01. The Balaban J connectivity index is 3.75. The first-order chi connectivity index (χ1) is 3.41. The summed E-state index contributed by atoms with van der Waals surface area (Å²) in [6, 6.07) is 0. The molecule has 0 amide bonds. The molecule has 0 unspecified atom stereocenters. The number of rotatable bonds is 0. The standard InChI is InChI=1S/C5H2N2/c1-2-3-4-5-7-6/h1,5H. The molecule has 0 saturated carbocycles. The van der Waals surface area contributed by atoms with Crippen molar-refractivity contribution in [1.29, 1.82) is 0 Å². The van der Waals surface area contributed by atoms with Crippen LogP contribution in [-0.4, -0.2) is 11.0 Å². The Morgan fingerprint density at radius 1 is 1.71 bits per heavy atom. The molecular weight excluding hydrogens is 88.1 g/mol. The fourth-order valence-electron chi connectivity index (χ4n) is 0.103. The largest absolute Gasteiger partial charge is 0.361 e. The molecule has 0 aliphatic carbocycles. The molecule has 0 radical (unpaired) electrons. The molecule has 0 aliphatic heterocycles. The lowest BCUT2D eigenvalue weighted by Crippen LogP contribution is -1.60. The average molecular weight is 90.1 g/mol. The van der Waals surface area contributed by atoms with E-state index in [4.69, 9.17) is 12.0 Å². The van der Waals surface area contributed by atoms with Gasteiger partial charge in [0.25, 0.3) is 0 Å². The summed E-state index contributed by atoms with van der Waals surface area (Å²) >= 11 is 0. The first-order valence-electron chi connectivity index (χ1n) is 1.54. The van der Waals surface area contributed by atoms with Crippen LogP contribution < -0.4 is 0 Å². The lowest BCUT2D eigenvalue weighted by Gasteiger charge is -1.43. The first kappa shape index (κ1) is 5.50. The van der Waals surface area contributed by atoms with Gasteiger partial charge in [-0.15, -0.1) is 6.42 Å². The topological polar surface area (TPSA) is 36.4 Å². The van der Waals surface area contributed by atoms with E-state index in [9.17, 15) is 0 Å². The van der Waals surface area contributed by atoms with Crippen molar-refractivity contribution in [3.05, 3.63) is 5.53 Å². The summed E-state index contributed by atoms with van der Waals surface area (Å²) in [5.74, 6) is 6.51. The van der Waals surface area contributed by atoms with Gasteiger partial charge >= 0.3 is 6.21 Å². The highest BCUT2D eigenvalue weighted by Gasteiger charge is 1.56. The van der Waals surface area contributed by atoms with Gasteiger partial charge in [-0.1, -0.05) is 0 Å². The Bertz CT molecular complexity index is 180. The van der Waals surface area contributed by atoms with Crippen LogP contribution in [0.25, 0.3) is 5.53 Å². The normalized spacial score (nSPS) is 3.86. The Hall–Kier alpha value is -1.50. The fourth-order valence-corrected chi connectivity index (χ4v) is 0.103. The molecule has 0 fully saturated rings. The van der Waals surface area contributed by atoms with Crippen LogP contribution in [0.5, 0.6) is 0 Å². The molecule has 7 heavy (non-hydrogen) atoms. The maximum atomic E-state index is 7.69. The molecule has 0 aromatic rings. The van der Waals surface area contributed by atoms with Crippen LogP contribution in [-0.2, 0) is 0 Å². The van der Waals surface area contributed by atoms with Crippen LogP contribution in [0, 0.1) is 24.2 Å². The number of nitrogens with zero attached hydrogens (tertiary/aromatic N) is 2. The van der Waals surface area contributed by atoms with Gasteiger partial charge in [0.15, 0.2) is 0 Å². The highest BCUT2D eigenvalue weighted by Crippen LogP contribution is 1.40. The Labute approximate surface area is 41.8 Å². The fraction of sp³-hybridized carbons (Fsp3) is 0. The second-order valence-electron chi connectivity index (χ2n) is 0.658. The van der Waals surface area contributed by atoms with Gasteiger partial charge in [0.05, 0.1) is 0 Å². The van der Waals surface area contributed by atoms with Crippen molar-refractivity contribution in [2.75, 3.05) is 0 Å². The summed E-state index contributed by atoms with van der Waals surface area (Å²) in [5, 5.41) is 0. The summed E-state index contributed by atoms with van der Waals surface area (Å²) < 4.78 is 0. The first-order valence-corrected chi connectivity index (χ1v) is 1.54. The monoisotopic (exact) mass is 90.0 g/mol. The van der Waals surface area contributed by atoms with E-state index < -0.39 is 0 Å². The minimum Gasteiger partial charge on any atom is -0.361 e. The molecule has 0 rings (SSSR count). The van der Waals surface area contributed by atoms with Gasteiger partial charge in [0.2, 0.25) is 0 Å². The van der Waals surface area contributed by atoms with E-state index in [1.807, 2.05) is 5.92 Å². The molecule has 0 saturated heterocycles. The van der Waals surface area contributed by atoms with Crippen molar-refractivity contribution < 1.29 is 4.79 Å². The number of terminal acetylenes is 1. The number of hydrogen-bond acceptors (Lipinski definition) is 0. The van der Waals surface area contributed by atoms with E-state index in [1.54, 1.807) is 0 Å². The smallest absolute Gasteiger partial charge is 0.331 e. The average Bonchev–Trinajstić information content (AvgIpc) is 1.69.